The summed E-state index contributed by atoms with van der Waals surface area (Å²) in [5, 5.41) is 5.64. The number of benzene rings is 3. The number of fused-ring (bicyclic) bond motifs is 5. The molecule has 179 valence electrons. The molecular formula is C18H16Cu3O8P2. The monoisotopic (exact) mass is 611 g/mol. The van der Waals surface area contributed by atoms with Crippen LogP contribution in [0.4, 0.5) is 0 Å². The van der Waals surface area contributed by atoms with E-state index in [9.17, 15) is 0 Å². The summed E-state index contributed by atoms with van der Waals surface area (Å²) in [7, 11) is -10.8. The molecule has 3 aromatic rings. The molecule has 0 N–H and O–H groups in total. The Kier molecular flexibility index (Phi) is 15.3. The van der Waals surface area contributed by atoms with Gasteiger partial charge in [-0.05, 0) is 58.4 Å². The molecule has 0 atom stereocenters. The minimum absolute atomic E-state index is 0. The topological polar surface area (TPSA) is 172 Å². The van der Waals surface area contributed by atoms with Crippen LogP contribution in [0, 0.1) is 0 Å². The molecule has 4 rings (SSSR count). The van der Waals surface area contributed by atoms with Gasteiger partial charge in [0.1, 0.15) is 0 Å². The third-order valence-corrected chi connectivity index (χ3v) is 4.26. The predicted molar refractivity (Wildman–Crippen MR) is 93.3 cm³/mol. The molecular weight excluding hydrogens is 597 g/mol. The van der Waals surface area contributed by atoms with Crippen LogP contribution in [0.2, 0.25) is 0 Å². The second-order valence-electron chi connectivity index (χ2n) is 6.19. The van der Waals surface area contributed by atoms with Crippen molar-refractivity contribution in [3.8, 4) is 0 Å². The Morgan fingerprint density at radius 2 is 1.06 bits per heavy atom. The first kappa shape index (κ1) is 33.1. The van der Waals surface area contributed by atoms with E-state index < -0.39 is 15.6 Å². The van der Waals surface area contributed by atoms with Crippen molar-refractivity contribution in [3.05, 3.63) is 59.7 Å². The molecule has 3 aromatic carbocycles. The van der Waals surface area contributed by atoms with E-state index >= 15 is 0 Å². The van der Waals surface area contributed by atoms with Crippen LogP contribution < -0.4 is 29.4 Å². The predicted octanol–water partition coefficient (Wildman–Crippen LogP) is -0.785. The van der Waals surface area contributed by atoms with Gasteiger partial charge < -0.3 is 38.5 Å². The summed E-state index contributed by atoms with van der Waals surface area (Å²) in [5.74, 6) is 0. The van der Waals surface area contributed by atoms with Gasteiger partial charge in [-0.15, -0.1) is 0 Å². The van der Waals surface area contributed by atoms with Gasteiger partial charge in [0.25, 0.3) is 0 Å². The molecule has 1 aliphatic rings. The first-order chi connectivity index (χ1) is 12.9. The van der Waals surface area contributed by atoms with Crippen molar-refractivity contribution < 1.29 is 89.7 Å². The summed E-state index contributed by atoms with van der Waals surface area (Å²) >= 11 is 0. The molecule has 0 spiro atoms. The minimum atomic E-state index is -5.39. The van der Waals surface area contributed by atoms with Crippen molar-refractivity contribution in [2.75, 3.05) is 0 Å². The fraction of sp³-hybridized carbons (Fsp3) is 0.222. The van der Waals surface area contributed by atoms with Gasteiger partial charge in [0.15, 0.2) is 0 Å². The normalized spacial score (nSPS) is 12.5. The van der Waals surface area contributed by atoms with Gasteiger partial charge in [0.2, 0.25) is 0 Å². The van der Waals surface area contributed by atoms with Crippen molar-refractivity contribution in [2.45, 2.75) is 25.7 Å². The molecule has 0 aliphatic heterocycles. The first-order valence-corrected chi connectivity index (χ1v) is 11.2. The molecule has 0 bridgehead atoms. The van der Waals surface area contributed by atoms with Crippen molar-refractivity contribution >= 4 is 37.2 Å². The van der Waals surface area contributed by atoms with E-state index in [0.29, 0.717) is 0 Å². The smallest absolute Gasteiger partial charge is 0.822 e. The van der Waals surface area contributed by atoms with E-state index in [4.69, 9.17) is 38.5 Å². The van der Waals surface area contributed by atoms with E-state index in [1.54, 1.807) is 11.1 Å². The Bertz CT molecular complexity index is 1030. The second-order valence-corrected chi connectivity index (χ2v) is 7.98. The summed E-state index contributed by atoms with van der Waals surface area (Å²) in [6, 6.07) is 18.0. The van der Waals surface area contributed by atoms with Crippen LogP contribution in [0.1, 0.15) is 24.0 Å². The molecule has 31 heavy (non-hydrogen) atoms. The van der Waals surface area contributed by atoms with Crippen LogP contribution >= 0.6 is 15.6 Å². The van der Waals surface area contributed by atoms with E-state index in [1.807, 2.05) is 0 Å². The van der Waals surface area contributed by atoms with E-state index in [0.717, 1.165) is 0 Å². The molecule has 0 heterocycles. The van der Waals surface area contributed by atoms with Crippen molar-refractivity contribution in [1.29, 1.82) is 0 Å². The van der Waals surface area contributed by atoms with Gasteiger partial charge >= 0.3 is 51.2 Å². The Morgan fingerprint density at radius 1 is 0.581 bits per heavy atom. The minimum Gasteiger partial charge on any atom is -0.822 e. The van der Waals surface area contributed by atoms with Crippen LogP contribution in [0.3, 0.4) is 0 Å². The Hall–Kier alpha value is -0.0416. The van der Waals surface area contributed by atoms with Crippen LogP contribution in [0.15, 0.2) is 48.5 Å². The first-order valence-electron chi connectivity index (χ1n) is 8.32. The molecule has 1 aliphatic carbocycles. The zero-order chi connectivity index (χ0) is 20.9. The van der Waals surface area contributed by atoms with Crippen LogP contribution in [0.25, 0.3) is 21.5 Å². The molecule has 0 unspecified atom stereocenters. The van der Waals surface area contributed by atoms with Crippen LogP contribution in [-0.2, 0) is 73.2 Å². The number of hydrogen-bond donors (Lipinski definition) is 0. The average molecular weight is 613 g/mol. The largest absolute Gasteiger partial charge is 2.00 e. The zero-order valence-electron chi connectivity index (χ0n) is 15.5. The Balaban J connectivity index is 0. The fourth-order valence-electron chi connectivity index (χ4n) is 3.34. The van der Waals surface area contributed by atoms with Gasteiger partial charge in [-0.25, -0.2) is 0 Å². The fourth-order valence-corrected chi connectivity index (χ4v) is 3.34. The molecule has 0 saturated carbocycles. The summed E-state index contributed by atoms with van der Waals surface area (Å²) in [4.78, 5) is 51.3. The van der Waals surface area contributed by atoms with Gasteiger partial charge in [-0.3, -0.25) is 0 Å². The molecule has 0 amide bonds. The number of hydrogen-bond acceptors (Lipinski definition) is 8. The molecule has 13 heteroatoms. The maximum absolute atomic E-state index is 8.55. The van der Waals surface area contributed by atoms with Crippen molar-refractivity contribution in [1.82, 2.24) is 0 Å². The van der Waals surface area contributed by atoms with Gasteiger partial charge in [0.05, 0.1) is 0 Å². The van der Waals surface area contributed by atoms with E-state index in [2.05, 4.69) is 48.5 Å². The molecule has 8 nitrogen and oxygen atoms in total. The average Bonchev–Trinajstić information content (AvgIpc) is 2.58. The maximum Gasteiger partial charge on any atom is 2.00 e. The number of phosphoric acid groups is 2. The Labute approximate surface area is 211 Å². The summed E-state index contributed by atoms with van der Waals surface area (Å²) in [6.45, 7) is 0. The van der Waals surface area contributed by atoms with Gasteiger partial charge in [-0.1, -0.05) is 48.5 Å². The van der Waals surface area contributed by atoms with Gasteiger partial charge in [-0.2, -0.15) is 15.6 Å². The number of rotatable bonds is 0. The van der Waals surface area contributed by atoms with Gasteiger partial charge in [0, 0.05) is 0 Å². The van der Waals surface area contributed by atoms with E-state index in [1.165, 1.54) is 47.2 Å². The summed E-state index contributed by atoms with van der Waals surface area (Å²) in [5.41, 5.74) is 3.17. The Morgan fingerprint density at radius 3 is 1.65 bits per heavy atom. The van der Waals surface area contributed by atoms with Crippen LogP contribution in [-0.4, -0.2) is 0 Å². The third kappa shape index (κ3) is 12.1. The zero-order valence-corrected chi connectivity index (χ0v) is 20.1. The van der Waals surface area contributed by atoms with E-state index in [-0.39, 0.29) is 51.2 Å². The summed E-state index contributed by atoms with van der Waals surface area (Å²) < 4.78 is 17.1. The quantitative estimate of drug-likeness (QED) is 0.181. The third-order valence-electron chi connectivity index (χ3n) is 4.26. The number of aryl methyl sites for hydroxylation is 2. The molecule has 0 fully saturated rings. The molecule has 3 radical (unpaired) electrons. The second kappa shape index (κ2) is 14.3. The maximum atomic E-state index is 8.55. The molecule has 0 saturated heterocycles. The SMILES string of the molecule is O=P([O-])([O-])[O-].O=P([O-])([O-])[O-].[Cu+2].[Cu+2].[Cu+2].c1ccc2c(c1)ccc1c3c(ccc12)CCCC3. The summed E-state index contributed by atoms with van der Waals surface area (Å²) in [6.07, 6.45) is 5.22. The standard InChI is InChI=1S/C18H16.3Cu.2H3O4P/c1-3-7-15-13(5-1)9-11-18-16-8-4-2-6-14(16)10-12-17(15)18;;;;2*1-5(2,3)4/h1,3,5,7,9-12H,2,4,6,8H2;;;;2*(H3,1,2,3,4)/q;3*+2;;/p-6. The van der Waals surface area contributed by atoms with Crippen molar-refractivity contribution in [3.63, 3.8) is 0 Å². The van der Waals surface area contributed by atoms with Crippen LogP contribution in [0.5, 0.6) is 0 Å². The molecule has 0 aromatic heterocycles. The van der Waals surface area contributed by atoms with Crippen molar-refractivity contribution in [2.24, 2.45) is 0 Å².